The minimum Gasteiger partial charge on any atom is -0.466 e. The molecule has 136 valence electrons. The zero-order valence-electron chi connectivity index (χ0n) is 14.9. The Morgan fingerprint density at radius 1 is 1.00 bits per heavy atom. The molecule has 0 radical (unpaired) electrons. The molecule has 26 heavy (non-hydrogen) atoms. The van der Waals surface area contributed by atoms with Crippen molar-refractivity contribution in [3.8, 4) is 11.8 Å². The Morgan fingerprint density at radius 3 is 2.15 bits per heavy atom. The zero-order valence-corrected chi connectivity index (χ0v) is 14.9. The largest absolute Gasteiger partial charge is 0.466 e. The van der Waals surface area contributed by atoms with Crippen molar-refractivity contribution < 1.29 is 23.8 Å². The maximum Gasteiger partial charge on any atom is 0.354 e. The van der Waals surface area contributed by atoms with Crippen LogP contribution in [0.1, 0.15) is 11.4 Å². The first kappa shape index (κ1) is 18.9. The molecule has 0 bridgehead atoms. The van der Waals surface area contributed by atoms with Gasteiger partial charge < -0.3 is 19.5 Å². The van der Waals surface area contributed by atoms with Gasteiger partial charge in [-0.15, -0.1) is 0 Å². The molecule has 0 atom stereocenters. The van der Waals surface area contributed by atoms with Gasteiger partial charge in [-0.05, 0) is 44.2 Å². The fourth-order valence-electron chi connectivity index (χ4n) is 2.04. The lowest BCUT2D eigenvalue weighted by molar-refractivity contribution is -0.138. The van der Waals surface area contributed by atoms with Crippen molar-refractivity contribution in [2.45, 2.75) is 13.8 Å². The summed E-state index contributed by atoms with van der Waals surface area (Å²) in [4.78, 5) is 31.5. The molecule has 8 nitrogen and oxygen atoms in total. The van der Waals surface area contributed by atoms with Crippen molar-refractivity contribution >= 4 is 17.6 Å². The van der Waals surface area contributed by atoms with Gasteiger partial charge in [0, 0.05) is 17.1 Å². The lowest BCUT2D eigenvalue weighted by Crippen LogP contribution is -2.15. The van der Waals surface area contributed by atoms with E-state index in [1.807, 2.05) is 19.9 Å². The van der Waals surface area contributed by atoms with Crippen molar-refractivity contribution in [3.05, 3.63) is 53.5 Å². The maximum atomic E-state index is 11.7. The topological polar surface area (TPSA) is 99.6 Å². The van der Waals surface area contributed by atoms with Crippen molar-refractivity contribution in [2.75, 3.05) is 19.5 Å². The number of hydrogen-bond acceptors (Lipinski definition) is 8. The van der Waals surface area contributed by atoms with Crippen LogP contribution in [0, 0.1) is 13.8 Å². The van der Waals surface area contributed by atoms with E-state index < -0.39 is 11.9 Å². The maximum absolute atomic E-state index is 11.7. The minimum absolute atomic E-state index is 0.0503. The number of ether oxygens (including phenoxy) is 3. The van der Waals surface area contributed by atoms with E-state index in [4.69, 9.17) is 4.74 Å². The summed E-state index contributed by atoms with van der Waals surface area (Å²) >= 11 is 0. The fraction of sp³-hybridized carbons (Fsp3) is 0.222. The Morgan fingerprint density at radius 2 is 1.62 bits per heavy atom. The quantitative estimate of drug-likeness (QED) is 0.622. The van der Waals surface area contributed by atoms with Crippen LogP contribution < -0.4 is 10.1 Å². The molecule has 0 saturated carbocycles. The molecule has 0 saturated heterocycles. The van der Waals surface area contributed by atoms with E-state index in [0.29, 0.717) is 11.4 Å². The fourth-order valence-corrected chi connectivity index (χ4v) is 2.04. The van der Waals surface area contributed by atoms with Gasteiger partial charge in [0.2, 0.25) is 0 Å². The Bertz CT molecular complexity index is 811. The van der Waals surface area contributed by atoms with Crippen LogP contribution in [0.3, 0.4) is 0 Å². The highest BCUT2D eigenvalue weighted by Gasteiger charge is 2.13. The van der Waals surface area contributed by atoms with E-state index in [2.05, 4.69) is 24.8 Å². The Kier molecular flexibility index (Phi) is 6.26. The average Bonchev–Trinajstić information content (AvgIpc) is 2.61. The number of aromatic nitrogens is 2. The van der Waals surface area contributed by atoms with Crippen LogP contribution in [-0.2, 0) is 19.1 Å². The van der Waals surface area contributed by atoms with E-state index in [-0.39, 0.29) is 11.7 Å². The van der Waals surface area contributed by atoms with Gasteiger partial charge in [-0.25, -0.2) is 19.6 Å². The molecule has 0 amide bonds. The van der Waals surface area contributed by atoms with Gasteiger partial charge in [0.25, 0.3) is 0 Å². The van der Waals surface area contributed by atoms with E-state index in [9.17, 15) is 9.59 Å². The van der Waals surface area contributed by atoms with Crippen LogP contribution in [0.2, 0.25) is 0 Å². The van der Waals surface area contributed by atoms with E-state index in [1.54, 1.807) is 24.3 Å². The number of aryl methyl sites for hydroxylation is 2. The molecule has 0 unspecified atom stereocenters. The lowest BCUT2D eigenvalue weighted by Gasteiger charge is -2.10. The van der Waals surface area contributed by atoms with Crippen LogP contribution in [-0.4, -0.2) is 36.1 Å². The number of carbonyl (C=O) groups is 2. The number of esters is 2. The molecule has 0 aliphatic rings. The van der Waals surface area contributed by atoms with Gasteiger partial charge in [0.15, 0.2) is 0 Å². The molecule has 0 fully saturated rings. The number of methoxy groups -OCH3 is 2. The number of rotatable bonds is 6. The summed E-state index contributed by atoms with van der Waals surface area (Å²) < 4.78 is 14.8. The predicted octanol–water partition coefficient (Wildman–Crippen LogP) is 2.53. The Hall–Kier alpha value is -3.42. The summed E-state index contributed by atoms with van der Waals surface area (Å²) in [7, 11) is 2.44. The molecule has 0 aliphatic heterocycles. The molecule has 1 heterocycles. The van der Waals surface area contributed by atoms with Gasteiger partial charge in [-0.3, -0.25) is 0 Å². The third kappa shape index (κ3) is 5.30. The molecule has 0 aliphatic carbocycles. The normalized spacial score (nSPS) is 10.8. The summed E-state index contributed by atoms with van der Waals surface area (Å²) in [5, 5.41) is 2.80. The van der Waals surface area contributed by atoms with Crippen LogP contribution >= 0.6 is 0 Å². The second-order valence-corrected chi connectivity index (χ2v) is 5.26. The highest BCUT2D eigenvalue weighted by Crippen LogP contribution is 2.21. The SMILES string of the molecule is COC(=O)/C=C(/Nc1ccc(Oc2nc(C)cc(C)n2)cc1)C(=O)OC. The summed E-state index contributed by atoms with van der Waals surface area (Å²) in [6.07, 6.45) is 1.01. The van der Waals surface area contributed by atoms with Crippen LogP contribution in [0.25, 0.3) is 0 Å². The van der Waals surface area contributed by atoms with Gasteiger partial charge in [0.1, 0.15) is 11.4 Å². The third-order valence-electron chi connectivity index (χ3n) is 3.17. The Balaban J connectivity index is 2.13. The van der Waals surface area contributed by atoms with Crippen molar-refractivity contribution in [1.29, 1.82) is 0 Å². The van der Waals surface area contributed by atoms with Crippen LogP contribution in [0.4, 0.5) is 5.69 Å². The number of hydrogen-bond donors (Lipinski definition) is 1. The van der Waals surface area contributed by atoms with Crippen molar-refractivity contribution in [2.24, 2.45) is 0 Å². The van der Waals surface area contributed by atoms with Gasteiger partial charge in [0.05, 0.1) is 20.3 Å². The summed E-state index contributed by atoms with van der Waals surface area (Å²) in [5.41, 5.74) is 2.12. The lowest BCUT2D eigenvalue weighted by atomic mass is 10.3. The molecule has 8 heteroatoms. The second kappa shape index (κ2) is 8.61. The molecular formula is C18H19N3O5. The number of anilines is 1. The van der Waals surface area contributed by atoms with Gasteiger partial charge >= 0.3 is 17.9 Å². The molecule has 2 aromatic rings. The summed E-state index contributed by atoms with van der Waals surface area (Å²) in [6.45, 7) is 3.72. The smallest absolute Gasteiger partial charge is 0.354 e. The summed E-state index contributed by atoms with van der Waals surface area (Å²) in [5.74, 6) is -0.846. The molecule has 1 N–H and O–H groups in total. The first-order valence-corrected chi connectivity index (χ1v) is 7.66. The van der Waals surface area contributed by atoms with E-state index >= 15 is 0 Å². The Labute approximate surface area is 150 Å². The number of benzene rings is 1. The molecular weight excluding hydrogens is 338 g/mol. The van der Waals surface area contributed by atoms with Crippen LogP contribution in [0.5, 0.6) is 11.8 Å². The first-order chi connectivity index (χ1) is 12.4. The molecule has 2 rings (SSSR count). The second-order valence-electron chi connectivity index (χ2n) is 5.26. The number of carbonyl (C=O) groups excluding carboxylic acids is 2. The molecule has 0 spiro atoms. The third-order valence-corrected chi connectivity index (χ3v) is 3.17. The number of nitrogens with zero attached hydrogens (tertiary/aromatic N) is 2. The molecule has 1 aromatic carbocycles. The first-order valence-electron chi connectivity index (χ1n) is 7.66. The van der Waals surface area contributed by atoms with Crippen LogP contribution in [0.15, 0.2) is 42.1 Å². The standard InChI is InChI=1S/C18H19N3O5/c1-11-9-12(2)20-18(19-11)26-14-7-5-13(6-8-14)21-15(17(23)25-4)10-16(22)24-3/h5-10,21H,1-4H3/b15-10+. The van der Waals surface area contributed by atoms with E-state index in [0.717, 1.165) is 17.5 Å². The van der Waals surface area contributed by atoms with Crippen molar-refractivity contribution in [3.63, 3.8) is 0 Å². The monoisotopic (exact) mass is 357 g/mol. The highest BCUT2D eigenvalue weighted by molar-refractivity contribution is 5.98. The van der Waals surface area contributed by atoms with Crippen molar-refractivity contribution in [1.82, 2.24) is 9.97 Å². The average molecular weight is 357 g/mol. The van der Waals surface area contributed by atoms with Gasteiger partial charge in [-0.1, -0.05) is 0 Å². The predicted molar refractivity (Wildman–Crippen MR) is 93.8 cm³/mol. The highest BCUT2D eigenvalue weighted by atomic mass is 16.5. The molecule has 1 aromatic heterocycles. The summed E-state index contributed by atoms with van der Waals surface area (Å²) in [6, 6.07) is 8.80. The van der Waals surface area contributed by atoms with E-state index in [1.165, 1.54) is 14.2 Å². The number of nitrogens with one attached hydrogen (secondary N) is 1. The van der Waals surface area contributed by atoms with Gasteiger partial charge in [-0.2, -0.15) is 0 Å². The zero-order chi connectivity index (χ0) is 19.1. The minimum atomic E-state index is -0.695.